The van der Waals surface area contributed by atoms with E-state index in [2.05, 4.69) is 20.8 Å². The van der Waals surface area contributed by atoms with E-state index in [0.717, 1.165) is 17.2 Å². The number of nitrogens with zero attached hydrogens (tertiary/aromatic N) is 3. The van der Waals surface area contributed by atoms with Crippen LogP contribution in [-0.2, 0) is 4.79 Å². The lowest BCUT2D eigenvalue weighted by Crippen LogP contribution is -2.63. The van der Waals surface area contributed by atoms with Gasteiger partial charge in [-0.3, -0.25) is 9.59 Å². The van der Waals surface area contributed by atoms with Gasteiger partial charge in [-0.2, -0.15) is 0 Å². The van der Waals surface area contributed by atoms with Crippen molar-refractivity contribution in [2.24, 2.45) is 0 Å². The molecule has 1 aromatic heterocycles. The van der Waals surface area contributed by atoms with E-state index in [1.165, 1.54) is 12.1 Å². The molecular formula is C21H23FN6O4. The first kappa shape index (κ1) is 21.6. The molecule has 3 N–H and O–H groups in total. The summed E-state index contributed by atoms with van der Waals surface area (Å²) in [7, 11) is 0. The maximum Gasteiger partial charge on any atom is 0.343 e. The van der Waals surface area contributed by atoms with E-state index in [4.69, 9.17) is 0 Å². The van der Waals surface area contributed by atoms with Crippen molar-refractivity contribution in [1.29, 1.82) is 0 Å². The van der Waals surface area contributed by atoms with E-state index >= 15 is 0 Å². The predicted octanol–water partition coefficient (Wildman–Crippen LogP) is 1.62. The van der Waals surface area contributed by atoms with Gasteiger partial charge in [-0.15, -0.1) is 5.10 Å². The first-order valence-corrected chi connectivity index (χ1v) is 10.4. The Bertz CT molecular complexity index is 1060. The van der Waals surface area contributed by atoms with Gasteiger partial charge in [0.05, 0.1) is 6.07 Å². The second-order valence-electron chi connectivity index (χ2n) is 7.92. The number of benzene rings is 1. The van der Waals surface area contributed by atoms with Crippen molar-refractivity contribution < 1.29 is 18.9 Å². The molecule has 2 aliphatic heterocycles. The molecule has 2 aromatic rings. The zero-order chi connectivity index (χ0) is 22.7. The number of carbonyl (C=O) groups excluding carboxylic acids is 2. The van der Waals surface area contributed by atoms with E-state index in [9.17, 15) is 24.1 Å². The summed E-state index contributed by atoms with van der Waals surface area (Å²) in [4.78, 5) is 38.2. The molecule has 1 aromatic carbocycles. The van der Waals surface area contributed by atoms with Crippen LogP contribution in [0.25, 0.3) is 5.57 Å². The first-order chi connectivity index (χ1) is 15.4. The number of hydrogen-bond acceptors (Lipinski definition) is 6. The summed E-state index contributed by atoms with van der Waals surface area (Å²) >= 11 is 0. The Morgan fingerprint density at radius 2 is 1.94 bits per heavy atom. The Kier molecular flexibility index (Phi) is 5.99. The maximum absolute atomic E-state index is 13.5. The van der Waals surface area contributed by atoms with Gasteiger partial charge in [-0.25, -0.2) is 4.39 Å². The van der Waals surface area contributed by atoms with Gasteiger partial charge in [-0.1, -0.05) is 23.3 Å². The topological polar surface area (TPSA) is 133 Å². The highest BCUT2D eigenvalue weighted by molar-refractivity contribution is 5.98. The lowest BCUT2D eigenvalue weighted by molar-refractivity contribution is -0.389. The van der Waals surface area contributed by atoms with Gasteiger partial charge in [0.2, 0.25) is 5.91 Å². The quantitative estimate of drug-likeness (QED) is 0.476. The standard InChI is InChI=1S/C21H23FN6O4/c22-16-3-1-14(2-4-16)15-5-11-27(12-6-15)20(30)21(7-9-23-10-8-21)24-19(29)17-13-18(26-25-17)28(31)32/h1-5,13,23H,6-12H2,(H,24,29)(H,25,26). The molecule has 3 heterocycles. The summed E-state index contributed by atoms with van der Waals surface area (Å²) in [6.07, 6.45) is 3.36. The van der Waals surface area contributed by atoms with E-state index < -0.39 is 22.2 Å². The Hall–Kier alpha value is -3.60. The van der Waals surface area contributed by atoms with Crippen LogP contribution >= 0.6 is 0 Å². The number of aromatic amines is 1. The van der Waals surface area contributed by atoms with Crippen molar-refractivity contribution in [2.45, 2.75) is 24.8 Å². The highest BCUT2D eigenvalue weighted by atomic mass is 19.1. The molecule has 4 rings (SSSR count). The van der Waals surface area contributed by atoms with Crippen LogP contribution in [0, 0.1) is 15.9 Å². The second kappa shape index (κ2) is 8.87. The number of carbonyl (C=O) groups is 2. The third kappa shape index (κ3) is 4.37. The number of H-pyrrole nitrogens is 1. The van der Waals surface area contributed by atoms with Crippen LogP contribution in [0.3, 0.4) is 0 Å². The van der Waals surface area contributed by atoms with Crippen molar-refractivity contribution in [3.8, 4) is 0 Å². The normalized spacial score (nSPS) is 18.0. The summed E-state index contributed by atoms with van der Waals surface area (Å²) in [5.74, 6) is -1.51. The molecule has 32 heavy (non-hydrogen) atoms. The number of aromatic nitrogens is 2. The van der Waals surface area contributed by atoms with Crippen LogP contribution in [-0.4, -0.2) is 63.6 Å². The summed E-state index contributed by atoms with van der Waals surface area (Å²) < 4.78 is 13.2. The molecule has 0 spiro atoms. The molecular weight excluding hydrogens is 419 g/mol. The smallest absolute Gasteiger partial charge is 0.343 e. The molecule has 0 unspecified atom stereocenters. The van der Waals surface area contributed by atoms with Gasteiger partial charge in [0, 0.05) is 13.1 Å². The highest BCUT2D eigenvalue weighted by Gasteiger charge is 2.44. The molecule has 2 aliphatic rings. The number of rotatable bonds is 5. The molecule has 0 radical (unpaired) electrons. The van der Waals surface area contributed by atoms with Crippen molar-refractivity contribution in [3.63, 3.8) is 0 Å². The Morgan fingerprint density at radius 3 is 2.53 bits per heavy atom. The van der Waals surface area contributed by atoms with Crippen molar-refractivity contribution >= 4 is 23.2 Å². The van der Waals surface area contributed by atoms with Crippen molar-refractivity contribution in [2.75, 3.05) is 26.2 Å². The van der Waals surface area contributed by atoms with Gasteiger partial charge < -0.3 is 25.6 Å². The first-order valence-electron chi connectivity index (χ1n) is 10.4. The minimum absolute atomic E-state index is 0.139. The van der Waals surface area contributed by atoms with Crippen LogP contribution in [0.15, 0.2) is 36.4 Å². The summed E-state index contributed by atoms with van der Waals surface area (Å²) in [5.41, 5.74) is 0.710. The number of amides is 2. The average Bonchev–Trinajstić information content (AvgIpc) is 3.31. The molecule has 1 fully saturated rings. The zero-order valence-corrected chi connectivity index (χ0v) is 17.3. The molecule has 0 aliphatic carbocycles. The fourth-order valence-electron chi connectivity index (χ4n) is 4.13. The average molecular weight is 442 g/mol. The highest BCUT2D eigenvalue weighted by Crippen LogP contribution is 2.27. The van der Waals surface area contributed by atoms with Crippen LogP contribution in [0.4, 0.5) is 10.2 Å². The fraction of sp³-hybridized carbons (Fsp3) is 0.381. The SMILES string of the molecule is O=C(NC1(C(=O)N2CC=C(c3ccc(F)cc3)CC2)CCNCC1)c1cc([N+](=O)[O-])[nH]n1. The van der Waals surface area contributed by atoms with Gasteiger partial charge in [0.25, 0.3) is 5.91 Å². The number of piperidine rings is 1. The minimum atomic E-state index is -1.11. The third-order valence-corrected chi connectivity index (χ3v) is 5.92. The molecule has 11 heteroatoms. The summed E-state index contributed by atoms with van der Waals surface area (Å²) in [5, 5.41) is 22.8. The van der Waals surface area contributed by atoms with Gasteiger partial charge >= 0.3 is 5.82 Å². The fourth-order valence-corrected chi connectivity index (χ4v) is 4.13. The molecule has 0 bridgehead atoms. The molecule has 2 amide bonds. The van der Waals surface area contributed by atoms with Gasteiger partial charge in [0.15, 0.2) is 5.69 Å². The van der Waals surface area contributed by atoms with Crippen LogP contribution in [0.5, 0.6) is 0 Å². The molecule has 1 saturated heterocycles. The third-order valence-electron chi connectivity index (χ3n) is 5.92. The van der Waals surface area contributed by atoms with E-state index in [1.54, 1.807) is 17.0 Å². The van der Waals surface area contributed by atoms with Crippen molar-refractivity contribution in [1.82, 2.24) is 25.7 Å². The maximum atomic E-state index is 13.5. The largest absolute Gasteiger partial charge is 0.358 e. The van der Waals surface area contributed by atoms with Gasteiger partial charge in [0.1, 0.15) is 11.4 Å². The lowest BCUT2D eigenvalue weighted by atomic mass is 9.85. The molecule has 10 nitrogen and oxygen atoms in total. The van der Waals surface area contributed by atoms with Crippen molar-refractivity contribution in [3.05, 3.63) is 63.6 Å². The second-order valence-corrected chi connectivity index (χ2v) is 7.92. The monoisotopic (exact) mass is 442 g/mol. The minimum Gasteiger partial charge on any atom is -0.358 e. The van der Waals surface area contributed by atoms with Crippen LogP contribution < -0.4 is 10.6 Å². The summed E-state index contributed by atoms with van der Waals surface area (Å²) in [6, 6.07) is 7.30. The van der Waals surface area contributed by atoms with E-state index in [0.29, 0.717) is 45.4 Å². The molecule has 168 valence electrons. The number of nitro groups is 1. The molecule has 0 saturated carbocycles. The summed E-state index contributed by atoms with van der Waals surface area (Å²) in [6.45, 7) is 1.96. The van der Waals surface area contributed by atoms with Gasteiger partial charge in [-0.05, 0) is 60.5 Å². The van der Waals surface area contributed by atoms with E-state index in [-0.39, 0.29) is 17.4 Å². The Balaban J connectivity index is 1.50. The number of halogens is 1. The van der Waals surface area contributed by atoms with Crippen LogP contribution in [0.1, 0.15) is 35.3 Å². The lowest BCUT2D eigenvalue weighted by Gasteiger charge is -2.41. The molecule has 0 atom stereocenters. The van der Waals surface area contributed by atoms with E-state index in [1.807, 2.05) is 6.08 Å². The predicted molar refractivity (Wildman–Crippen MR) is 113 cm³/mol. The zero-order valence-electron chi connectivity index (χ0n) is 17.3. The Morgan fingerprint density at radius 1 is 1.22 bits per heavy atom. The number of hydrogen-bond donors (Lipinski definition) is 3. The Labute approximate surface area is 183 Å². The number of nitrogens with one attached hydrogen (secondary N) is 3. The van der Waals surface area contributed by atoms with Crippen LogP contribution in [0.2, 0.25) is 0 Å².